The molecule has 0 aromatic heterocycles. The third-order valence-corrected chi connectivity index (χ3v) is 2.89. The number of carbonyl (C=O) groups excluding carboxylic acids is 1. The smallest absolute Gasteiger partial charge is 0.277 e. The van der Waals surface area contributed by atoms with Crippen LogP contribution in [0.5, 0.6) is 5.75 Å². The van der Waals surface area contributed by atoms with Crippen molar-refractivity contribution < 1.29 is 19.7 Å². The van der Waals surface area contributed by atoms with E-state index in [0.29, 0.717) is 5.56 Å². The van der Waals surface area contributed by atoms with E-state index in [9.17, 15) is 30.1 Å². The maximum Gasteiger partial charge on any atom is 0.277 e. The lowest BCUT2D eigenvalue weighted by molar-refractivity contribution is -0.394. The number of benzene rings is 2. The first-order valence-corrected chi connectivity index (χ1v) is 6.44. The molecule has 0 spiro atoms. The zero-order valence-electron chi connectivity index (χ0n) is 11.9. The van der Waals surface area contributed by atoms with Crippen molar-refractivity contribution in [3.63, 3.8) is 0 Å². The van der Waals surface area contributed by atoms with Crippen LogP contribution in [0.4, 0.5) is 11.4 Å². The molecular weight excluding hydrogens is 320 g/mol. The number of hydrogen-bond acceptors (Lipinski definition) is 7. The third-order valence-electron chi connectivity index (χ3n) is 2.89. The van der Waals surface area contributed by atoms with Crippen LogP contribution in [0.1, 0.15) is 15.9 Å². The van der Waals surface area contributed by atoms with E-state index in [0.717, 1.165) is 18.2 Å². The number of non-ortho nitro benzene ring substituents is 2. The summed E-state index contributed by atoms with van der Waals surface area (Å²) in [7, 11) is 0. The van der Waals surface area contributed by atoms with E-state index in [1.165, 1.54) is 12.3 Å². The Kier molecular flexibility index (Phi) is 4.80. The molecule has 0 aliphatic rings. The Morgan fingerprint density at radius 1 is 1.08 bits per heavy atom. The second-order valence-electron chi connectivity index (χ2n) is 4.51. The van der Waals surface area contributed by atoms with Crippen LogP contribution in [0.25, 0.3) is 0 Å². The SMILES string of the molecule is O=C(NN=Cc1ccccc1O)c1cc([N+](=O)[O-])cc([N+](=O)[O-])c1. The molecule has 122 valence electrons. The summed E-state index contributed by atoms with van der Waals surface area (Å²) in [6.45, 7) is 0. The van der Waals surface area contributed by atoms with Gasteiger partial charge in [0.25, 0.3) is 17.3 Å². The molecule has 0 unspecified atom stereocenters. The Morgan fingerprint density at radius 2 is 1.67 bits per heavy atom. The summed E-state index contributed by atoms with van der Waals surface area (Å²) in [5.41, 5.74) is 0.962. The number of nitro benzene ring substituents is 2. The summed E-state index contributed by atoms with van der Waals surface area (Å²) in [6, 6.07) is 8.77. The van der Waals surface area contributed by atoms with E-state index in [1.807, 2.05) is 0 Å². The lowest BCUT2D eigenvalue weighted by atomic mass is 10.1. The minimum Gasteiger partial charge on any atom is -0.507 e. The first-order valence-electron chi connectivity index (χ1n) is 6.44. The molecule has 0 heterocycles. The van der Waals surface area contributed by atoms with E-state index >= 15 is 0 Å². The first kappa shape index (κ1) is 16.5. The maximum absolute atomic E-state index is 11.9. The van der Waals surface area contributed by atoms with Crippen LogP contribution < -0.4 is 5.43 Å². The molecule has 2 N–H and O–H groups in total. The zero-order chi connectivity index (χ0) is 17.7. The number of phenols is 1. The number of para-hydroxylation sites is 1. The Bertz CT molecular complexity index is 817. The number of phenolic OH excluding ortho intramolecular Hbond substituents is 1. The van der Waals surface area contributed by atoms with Crippen LogP contribution in [0.15, 0.2) is 47.6 Å². The summed E-state index contributed by atoms with van der Waals surface area (Å²) < 4.78 is 0. The number of amides is 1. The first-order chi connectivity index (χ1) is 11.4. The standard InChI is InChI=1S/C14H10N4O6/c19-13-4-2-1-3-9(13)8-15-16-14(20)10-5-11(17(21)22)7-12(6-10)18(23)24/h1-8,19H,(H,16,20). The number of hydrogen-bond donors (Lipinski definition) is 2. The quantitative estimate of drug-likeness (QED) is 0.486. The number of hydrazone groups is 1. The minimum absolute atomic E-state index is 0.0542. The predicted octanol–water partition coefficient (Wildman–Crippen LogP) is 1.97. The fourth-order valence-electron chi connectivity index (χ4n) is 1.76. The summed E-state index contributed by atoms with van der Waals surface area (Å²) in [6.07, 6.45) is 1.17. The molecule has 2 aromatic carbocycles. The largest absolute Gasteiger partial charge is 0.507 e. The number of aromatic hydroxyl groups is 1. The van der Waals surface area contributed by atoms with Crippen molar-refractivity contribution in [1.29, 1.82) is 0 Å². The van der Waals surface area contributed by atoms with Crippen molar-refractivity contribution in [2.24, 2.45) is 5.10 Å². The topological polar surface area (TPSA) is 148 Å². The molecule has 2 rings (SSSR count). The molecule has 0 saturated carbocycles. The monoisotopic (exact) mass is 330 g/mol. The summed E-state index contributed by atoms with van der Waals surface area (Å²) in [5, 5.41) is 34.7. The van der Waals surface area contributed by atoms with Crippen LogP contribution >= 0.6 is 0 Å². The second kappa shape index (κ2) is 6.96. The van der Waals surface area contributed by atoms with Gasteiger partial charge in [-0.1, -0.05) is 12.1 Å². The van der Waals surface area contributed by atoms with Crippen molar-refractivity contribution >= 4 is 23.5 Å². The molecular formula is C14H10N4O6. The number of nitro groups is 2. The molecule has 0 bridgehead atoms. The Labute approximate surface area is 134 Å². The Morgan fingerprint density at radius 3 is 2.21 bits per heavy atom. The highest BCUT2D eigenvalue weighted by atomic mass is 16.6. The highest BCUT2D eigenvalue weighted by Gasteiger charge is 2.19. The van der Waals surface area contributed by atoms with Gasteiger partial charge in [-0.3, -0.25) is 25.0 Å². The van der Waals surface area contributed by atoms with Gasteiger partial charge in [-0.25, -0.2) is 5.43 Å². The normalized spacial score (nSPS) is 10.5. The fourth-order valence-corrected chi connectivity index (χ4v) is 1.76. The number of nitrogens with zero attached hydrogens (tertiary/aromatic N) is 3. The molecule has 24 heavy (non-hydrogen) atoms. The predicted molar refractivity (Wildman–Crippen MR) is 82.9 cm³/mol. The molecule has 2 aromatic rings. The second-order valence-corrected chi connectivity index (χ2v) is 4.51. The molecule has 0 aliphatic carbocycles. The van der Waals surface area contributed by atoms with Crippen LogP contribution in [-0.4, -0.2) is 27.1 Å². The number of carbonyl (C=O) groups is 1. The van der Waals surface area contributed by atoms with Gasteiger partial charge in [0, 0.05) is 17.7 Å². The molecule has 10 heteroatoms. The summed E-state index contributed by atoms with van der Waals surface area (Å²) >= 11 is 0. The highest BCUT2D eigenvalue weighted by molar-refractivity contribution is 5.96. The number of rotatable bonds is 5. The molecule has 0 atom stereocenters. The average molecular weight is 330 g/mol. The molecule has 0 aliphatic heterocycles. The van der Waals surface area contributed by atoms with Crippen LogP contribution in [0.3, 0.4) is 0 Å². The van der Waals surface area contributed by atoms with Crippen LogP contribution in [0, 0.1) is 20.2 Å². The van der Waals surface area contributed by atoms with E-state index < -0.39 is 27.1 Å². The van der Waals surface area contributed by atoms with Crippen molar-refractivity contribution in [3.8, 4) is 5.75 Å². The Balaban J connectivity index is 2.22. The van der Waals surface area contributed by atoms with Gasteiger partial charge in [0.15, 0.2) is 0 Å². The molecule has 10 nitrogen and oxygen atoms in total. The van der Waals surface area contributed by atoms with Crippen LogP contribution in [-0.2, 0) is 0 Å². The van der Waals surface area contributed by atoms with Crippen LogP contribution in [0.2, 0.25) is 0 Å². The average Bonchev–Trinajstić information content (AvgIpc) is 2.56. The molecule has 0 radical (unpaired) electrons. The third kappa shape index (κ3) is 3.88. The van der Waals surface area contributed by atoms with Gasteiger partial charge in [0.05, 0.1) is 27.7 Å². The molecule has 0 fully saturated rings. The van der Waals surface area contributed by atoms with Crippen molar-refractivity contribution in [2.45, 2.75) is 0 Å². The highest BCUT2D eigenvalue weighted by Crippen LogP contribution is 2.22. The van der Waals surface area contributed by atoms with Gasteiger partial charge < -0.3 is 5.11 Å². The van der Waals surface area contributed by atoms with E-state index in [-0.39, 0.29) is 11.3 Å². The lowest BCUT2D eigenvalue weighted by Crippen LogP contribution is -2.18. The van der Waals surface area contributed by atoms with Gasteiger partial charge in [0.2, 0.25) is 0 Å². The lowest BCUT2D eigenvalue weighted by Gasteiger charge is -2.01. The van der Waals surface area contributed by atoms with Crippen molar-refractivity contribution in [2.75, 3.05) is 0 Å². The maximum atomic E-state index is 11.9. The van der Waals surface area contributed by atoms with Gasteiger partial charge in [-0.05, 0) is 12.1 Å². The van der Waals surface area contributed by atoms with Gasteiger partial charge >= 0.3 is 0 Å². The van der Waals surface area contributed by atoms with E-state index in [2.05, 4.69) is 10.5 Å². The molecule has 0 saturated heterocycles. The summed E-state index contributed by atoms with van der Waals surface area (Å²) in [5.74, 6) is -0.921. The number of nitrogens with one attached hydrogen (secondary N) is 1. The van der Waals surface area contributed by atoms with E-state index in [4.69, 9.17) is 0 Å². The molecule has 1 amide bonds. The summed E-state index contributed by atoms with van der Waals surface area (Å²) in [4.78, 5) is 31.8. The zero-order valence-corrected chi connectivity index (χ0v) is 11.9. The fraction of sp³-hybridized carbons (Fsp3) is 0. The van der Waals surface area contributed by atoms with Gasteiger partial charge in [-0.2, -0.15) is 5.10 Å². The van der Waals surface area contributed by atoms with Gasteiger partial charge in [0.1, 0.15) is 5.75 Å². The minimum atomic E-state index is -0.867. The van der Waals surface area contributed by atoms with Crippen molar-refractivity contribution in [3.05, 3.63) is 73.8 Å². The van der Waals surface area contributed by atoms with E-state index in [1.54, 1.807) is 18.2 Å². The van der Waals surface area contributed by atoms with Gasteiger partial charge in [-0.15, -0.1) is 0 Å². The van der Waals surface area contributed by atoms with Crippen molar-refractivity contribution in [1.82, 2.24) is 5.43 Å². The Hall–Kier alpha value is -3.82.